The summed E-state index contributed by atoms with van der Waals surface area (Å²) in [6.07, 6.45) is 7.24. The molecule has 2 heterocycles. The smallest absolute Gasteiger partial charge is 0.335 e. The highest BCUT2D eigenvalue weighted by atomic mass is 79.9. The van der Waals surface area contributed by atoms with Crippen LogP contribution in [-0.2, 0) is 4.79 Å². The first-order valence-electron chi connectivity index (χ1n) is 10.1. The fourth-order valence-corrected chi connectivity index (χ4v) is 4.80. The summed E-state index contributed by atoms with van der Waals surface area (Å²) >= 11 is 3.42. The van der Waals surface area contributed by atoms with Gasteiger partial charge in [-0.1, -0.05) is 25.3 Å². The van der Waals surface area contributed by atoms with E-state index in [-0.39, 0.29) is 5.56 Å². The Bertz CT molecular complexity index is 1110. The average molecular weight is 471 g/mol. The Hall–Kier alpha value is -2.67. The second-order valence-electron chi connectivity index (χ2n) is 7.88. The third-order valence-electron chi connectivity index (χ3n) is 6.02. The third kappa shape index (κ3) is 3.62. The summed E-state index contributed by atoms with van der Waals surface area (Å²) in [6.45, 7) is 1.63. The standard InChI is InChI=1S/C23H23BrN2O4/c1-13(22(27)28)26-19-11-15(23(29)30)7-9-17(19)20(14-5-3-2-4-6-14)21(26)18-10-8-16(24)12-25-18/h7-14H,2-6H2,1H3,(H,27,28)(H,29,30). The van der Waals surface area contributed by atoms with Gasteiger partial charge in [-0.3, -0.25) is 4.98 Å². The summed E-state index contributed by atoms with van der Waals surface area (Å²) in [7, 11) is 0. The lowest BCUT2D eigenvalue weighted by Crippen LogP contribution is -2.17. The molecule has 0 amide bonds. The van der Waals surface area contributed by atoms with Gasteiger partial charge < -0.3 is 14.8 Å². The quantitative estimate of drug-likeness (QED) is 0.487. The van der Waals surface area contributed by atoms with Crippen LogP contribution in [0.1, 0.15) is 66.9 Å². The molecule has 1 saturated carbocycles. The predicted octanol–water partition coefficient (Wildman–Crippen LogP) is 5.86. The van der Waals surface area contributed by atoms with Gasteiger partial charge in [-0.05, 0) is 71.4 Å². The highest BCUT2D eigenvalue weighted by molar-refractivity contribution is 9.10. The molecule has 1 unspecified atom stereocenters. The van der Waals surface area contributed by atoms with Crippen molar-refractivity contribution in [2.45, 2.75) is 51.0 Å². The number of benzene rings is 1. The molecule has 7 heteroatoms. The number of nitrogens with zero attached hydrogens (tertiary/aromatic N) is 2. The Kier molecular flexibility index (Phi) is 5.64. The maximum atomic E-state index is 12.0. The molecule has 0 radical (unpaired) electrons. The van der Waals surface area contributed by atoms with E-state index in [1.807, 2.05) is 18.2 Å². The minimum Gasteiger partial charge on any atom is -0.480 e. The van der Waals surface area contributed by atoms with Gasteiger partial charge in [-0.2, -0.15) is 0 Å². The van der Waals surface area contributed by atoms with Gasteiger partial charge in [0, 0.05) is 16.1 Å². The van der Waals surface area contributed by atoms with Crippen LogP contribution in [0.4, 0.5) is 0 Å². The van der Waals surface area contributed by atoms with Crippen LogP contribution in [0.2, 0.25) is 0 Å². The van der Waals surface area contributed by atoms with Crippen LogP contribution < -0.4 is 0 Å². The molecule has 0 saturated heterocycles. The highest BCUT2D eigenvalue weighted by Gasteiger charge is 2.30. The summed E-state index contributed by atoms with van der Waals surface area (Å²) in [4.78, 5) is 28.2. The average Bonchev–Trinajstić information content (AvgIpc) is 3.08. The number of hydrogen-bond acceptors (Lipinski definition) is 3. The van der Waals surface area contributed by atoms with Crippen molar-refractivity contribution in [1.82, 2.24) is 9.55 Å². The van der Waals surface area contributed by atoms with Crippen LogP contribution in [-0.4, -0.2) is 31.7 Å². The number of fused-ring (bicyclic) bond motifs is 1. The molecule has 1 fully saturated rings. The molecule has 1 aliphatic carbocycles. The van der Waals surface area contributed by atoms with E-state index in [2.05, 4.69) is 20.9 Å². The number of aromatic nitrogens is 2. The first-order valence-corrected chi connectivity index (χ1v) is 10.9. The van der Waals surface area contributed by atoms with Gasteiger partial charge in [0.2, 0.25) is 0 Å². The first kappa shape index (κ1) is 20.6. The Morgan fingerprint density at radius 2 is 1.87 bits per heavy atom. The molecular weight excluding hydrogens is 448 g/mol. The van der Waals surface area contributed by atoms with Crippen molar-refractivity contribution < 1.29 is 19.8 Å². The number of carboxylic acids is 2. The van der Waals surface area contributed by atoms with E-state index in [1.54, 1.807) is 29.8 Å². The highest BCUT2D eigenvalue weighted by Crippen LogP contribution is 2.45. The van der Waals surface area contributed by atoms with Crippen molar-refractivity contribution in [3.05, 3.63) is 52.1 Å². The minimum atomic E-state index is -1.03. The van der Waals surface area contributed by atoms with E-state index in [0.29, 0.717) is 17.1 Å². The van der Waals surface area contributed by atoms with Crippen LogP contribution in [0.3, 0.4) is 0 Å². The maximum absolute atomic E-state index is 12.0. The summed E-state index contributed by atoms with van der Waals surface area (Å²) in [5.41, 5.74) is 3.33. The monoisotopic (exact) mass is 470 g/mol. The molecule has 1 aromatic carbocycles. The molecule has 0 aliphatic heterocycles. The van der Waals surface area contributed by atoms with Crippen molar-refractivity contribution in [3.63, 3.8) is 0 Å². The Morgan fingerprint density at radius 1 is 1.13 bits per heavy atom. The van der Waals surface area contributed by atoms with Crippen LogP contribution in [0.15, 0.2) is 41.0 Å². The van der Waals surface area contributed by atoms with Crippen molar-refractivity contribution >= 4 is 38.8 Å². The molecule has 2 aromatic heterocycles. The van der Waals surface area contributed by atoms with Crippen molar-refractivity contribution in [3.8, 4) is 11.4 Å². The zero-order valence-corrected chi connectivity index (χ0v) is 18.2. The van der Waals surface area contributed by atoms with E-state index in [4.69, 9.17) is 0 Å². The molecule has 0 bridgehead atoms. The Balaban J connectivity index is 2.09. The number of rotatable bonds is 5. The van der Waals surface area contributed by atoms with Crippen molar-refractivity contribution in [1.29, 1.82) is 0 Å². The maximum Gasteiger partial charge on any atom is 0.335 e. The number of pyridine rings is 1. The van der Waals surface area contributed by atoms with Gasteiger partial charge in [-0.25, -0.2) is 9.59 Å². The normalized spacial score (nSPS) is 15.9. The molecule has 4 rings (SSSR count). The van der Waals surface area contributed by atoms with Crippen LogP contribution >= 0.6 is 15.9 Å². The zero-order chi connectivity index (χ0) is 21.4. The lowest BCUT2D eigenvalue weighted by molar-refractivity contribution is -0.140. The summed E-state index contributed by atoms with van der Waals surface area (Å²) < 4.78 is 2.59. The summed E-state index contributed by atoms with van der Waals surface area (Å²) in [5.74, 6) is -1.71. The van der Waals surface area contributed by atoms with Gasteiger partial charge in [0.25, 0.3) is 0 Å². The molecule has 1 atom stereocenters. The Morgan fingerprint density at radius 3 is 2.47 bits per heavy atom. The SMILES string of the molecule is CC(C(=O)O)n1c(-c2ccc(Br)cn2)c(C2CCCCC2)c2ccc(C(=O)O)cc21. The van der Waals surface area contributed by atoms with E-state index in [0.717, 1.165) is 46.8 Å². The van der Waals surface area contributed by atoms with Gasteiger partial charge in [0.1, 0.15) is 6.04 Å². The van der Waals surface area contributed by atoms with Gasteiger partial charge in [0.05, 0.1) is 22.5 Å². The topological polar surface area (TPSA) is 92.4 Å². The first-order chi connectivity index (χ1) is 14.4. The van der Waals surface area contributed by atoms with E-state index in [1.165, 1.54) is 6.42 Å². The fraction of sp³-hybridized carbons (Fsp3) is 0.348. The lowest BCUT2D eigenvalue weighted by atomic mass is 9.82. The molecular formula is C23H23BrN2O4. The van der Waals surface area contributed by atoms with Crippen molar-refractivity contribution in [2.24, 2.45) is 0 Å². The molecule has 2 N–H and O–H groups in total. The number of hydrogen-bond donors (Lipinski definition) is 2. The predicted molar refractivity (Wildman–Crippen MR) is 118 cm³/mol. The number of halogens is 1. The molecule has 6 nitrogen and oxygen atoms in total. The van der Waals surface area contributed by atoms with Crippen LogP contribution in [0.5, 0.6) is 0 Å². The van der Waals surface area contributed by atoms with E-state index < -0.39 is 18.0 Å². The molecule has 30 heavy (non-hydrogen) atoms. The fourth-order valence-electron chi connectivity index (χ4n) is 4.56. The van der Waals surface area contributed by atoms with Gasteiger partial charge in [0.15, 0.2) is 0 Å². The van der Waals surface area contributed by atoms with Crippen LogP contribution in [0, 0.1) is 0 Å². The minimum absolute atomic E-state index is 0.143. The van der Waals surface area contributed by atoms with Gasteiger partial charge in [-0.15, -0.1) is 0 Å². The number of carboxylic acid groups (broad SMARTS) is 2. The zero-order valence-electron chi connectivity index (χ0n) is 16.6. The third-order valence-corrected chi connectivity index (χ3v) is 6.49. The second-order valence-corrected chi connectivity index (χ2v) is 8.80. The molecule has 1 aliphatic rings. The largest absolute Gasteiger partial charge is 0.480 e. The van der Waals surface area contributed by atoms with Crippen molar-refractivity contribution in [2.75, 3.05) is 0 Å². The molecule has 3 aromatic rings. The summed E-state index contributed by atoms with van der Waals surface area (Å²) in [5, 5.41) is 20.3. The number of aliphatic carboxylic acids is 1. The molecule has 0 spiro atoms. The van der Waals surface area contributed by atoms with E-state index in [9.17, 15) is 19.8 Å². The van der Waals surface area contributed by atoms with Gasteiger partial charge >= 0.3 is 11.9 Å². The number of aromatic carboxylic acids is 1. The Labute approximate surface area is 182 Å². The summed E-state index contributed by atoms with van der Waals surface area (Å²) in [6, 6.07) is 7.93. The number of carbonyl (C=O) groups is 2. The van der Waals surface area contributed by atoms with E-state index >= 15 is 0 Å². The lowest BCUT2D eigenvalue weighted by Gasteiger charge is -2.24. The van der Waals surface area contributed by atoms with Crippen LogP contribution in [0.25, 0.3) is 22.3 Å². The second kappa shape index (κ2) is 8.22. The molecule has 156 valence electrons.